The first-order chi connectivity index (χ1) is 14.7. The average Bonchev–Trinajstić information content (AvgIpc) is 2.66. The molecule has 0 unspecified atom stereocenters. The average molecular weight is 472 g/mol. The quantitative estimate of drug-likeness (QED) is 0.371. The minimum absolute atomic E-state index is 0.225. The molecule has 2 aromatic carbocycles. The van der Waals surface area contributed by atoms with Gasteiger partial charge in [0.1, 0.15) is 12.4 Å². The molecule has 0 aliphatic carbocycles. The zero-order chi connectivity index (χ0) is 24.0. The van der Waals surface area contributed by atoms with Crippen molar-refractivity contribution in [1.29, 1.82) is 0 Å². The molecule has 0 heterocycles. The lowest BCUT2D eigenvalue weighted by Gasteiger charge is -2.23. The lowest BCUT2D eigenvalue weighted by molar-refractivity contribution is -0.275. The zero-order valence-corrected chi connectivity index (χ0v) is 17.8. The van der Waals surface area contributed by atoms with E-state index in [0.717, 1.165) is 18.2 Å². The molecular formula is C21H19F3O7S. The maximum Gasteiger partial charge on any atom is 0.573 e. The summed E-state index contributed by atoms with van der Waals surface area (Å²) in [5.41, 5.74) is -0.851. The molecule has 11 heteroatoms. The van der Waals surface area contributed by atoms with Crippen LogP contribution in [0.5, 0.6) is 11.5 Å². The van der Waals surface area contributed by atoms with Crippen molar-refractivity contribution in [3.8, 4) is 23.3 Å². The van der Waals surface area contributed by atoms with Gasteiger partial charge in [0.25, 0.3) is 10.1 Å². The molecule has 0 aliphatic heterocycles. The Morgan fingerprint density at radius 1 is 1.03 bits per heavy atom. The summed E-state index contributed by atoms with van der Waals surface area (Å²) in [4.78, 5) is 12.1. The van der Waals surface area contributed by atoms with E-state index >= 15 is 0 Å². The molecule has 0 saturated carbocycles. The number of halogens is 3. The summed E-state index contributed by atoms with van der Waals surface area (Å²) in [6.45, 7) is 2.37. The van der Waals surface area contributed by atoms with Gasteiger partial charge < -0.3 is 14.2 Å². The molecule has 0 spiro atoms. The van der Waals surface area contributed by atoms with Crippen LogP contribution in [0.1, 0.15) is 29.8 Å². The van der Waals surface area contributed by atoms with E-state index < -0.39 is 51.9 Å². The molecule has 2 rings (SSSR count). The molecule has 0 aliphatic rings. The number of hydrogen-bond acceptors (Lipinski definition) is 6. The summed E-state index contributed by atoms with van der Waals surface area (Å²) in [5.74, 6) is 2.63. The Hall–Kier alpha value is -3.23. The largest absolute Gasteiger partial charge is 0.573 e. The second-order valence-corrected chi connectivity index (χ2v) is 8.43. The molecule has 0 amide bonds. The Bertz CT molecular complexity index is 1120. The van der Waals surface area contributed by atoms with Crippen molar-refractivity contribution < 1.29 is 45.1 Å². The molecule has 0 aromatic heterocycles. The molecule has 0 atom stereocenters. The van der Waals surface area contributed by atoms with Gasteiger partial charge in [0.15, 0.2) is 17.1 Å². The maximum absolute atomic E-state index is 12.8. The van der Waals surface area contributed by atoms with Crippen molar-refractivity contribution in [2.24, 2.45) is 0 Å². The number of ether oxygens (including phenoxy) is 3. The Kier molecular flexibility index (Phi) is 7.77. The fourth-order valence-corrected chi connectivity index (χ4v) is 2.59. The van der Waals surface area contributed by atoms with Crippen molar-refractivity contribution in [2.75, 3.05) is 12.4 Å². The molecule has 1 N–H and O–H groups in total. The Morgan fingerprint density at radius 3 is 2.28 bits per heavy atom. The molecule has 0 radical (unpaired) electrons. The van der Waals surface area contributed by atoms with Crippen LogP contribution in [0.3, 0.4) is 0 Å². The van der Waals surface area contributed by atoms with Gasteiger partial charge in [-0.3, -0.25) is 4.55 Å². The molecule has 0 fully saturated rings. The van der Waals surface area contributed by atoms with Crippen molar-refractivity contribution in [3.05, 3.63) is 59.7 Å². The van der Waals surface area contributed by atoms with Crippen LogP contribution in [0.4, 0.5) is 13.2 Å². The van der Waals surface area contributed by atoms with Crippen molar-refractivity contribution in [1.82, 2.24) is 0 Å². The van der Waals surface area contributed by atoms with Gasteiger partial charge in [-0.25, -0.2) is 4.79 Å². The highest BCUT2D eigenvalue weighted by Gasteiger charge is 2.33. The summed E-state index contributed by atoms with van der Waals surface area (Å²) in [6, 6.07) is 11.6. The normalized spacial score (nSPS) is 11.8. The zero-order valence-electron chi connectivity index (χ0n) is 17.0. The Labute approximate surface area is 182 Å². The number of alkyl halides is 3. The van der Waals surface area contributed by atoms with Crippen molar-refractivity contribution in [2.45, 2.75) is 25.8 Å². The predicted molar refractivity (Wildman–Crippen MR) is 108 cm³/mol. The standard InChI is InChI=1S/C21H19F3O7S/c1-20(2,11-10-15-6-4-3-5-7-15)30-18-14-16(8-9-17(18)31-21(22,23)24)19(25)29-12-13-32(26,27)28/h3-9,14H,12-13H2,1-2H3,(H,26,27,28). The van der Waals surface area contributed by atoms with E-state index in [1.807, 2.05) is 0 Å². The maximum atomic E-state index is 12.8. The van der Waals surface area contributed by atoms with E-state index in [-0.39, 0.29) is 5.56 Å². The highest BCUT2D eigenvalue weighted by atomic mass is 32.2. The van der Waals surface area contributed by atoms with E-state index in [1.54, 1.807) is 30.3 Å². The lowest BCUT2D eigenvalue weighted by Crippen LogP contribution is -2.27. The molecule has 0 saturated heterocycles. The first-order valence-corrected chi connectivity index (χ1v) is 10.6. The van der Waals surface area contributed by atoms with E-state index in [9.17, 15) is 26.4 Å². The van der Waals surface area contributed by atoms with Crippen LogP contribution in [0.15, 0.2) is 48.5 Å². The number of carbonyl (C=O) groups is 1. The number of esters is 1. The molecular weight excluding hydrogens is 453 g/mol. The Morgan fingerprint density at radius 2 is 1.69 bits per heavy atom. The van der Waals surface area contributed by atoms with Crippen LogP contribution >= 0.6 is 0 Å². The predicted octanol–water partition coefficient (Wildman–Crippen LogP) is 3.84. The van der Waals surface area contributed by atoms with Crippen molar-refractivity contribution in [3.63, 3.8) is 0 Å². The SMILES string of the molecule is CC(C)(C#Cc1ccccc1)Oc1cc(C(=O)OCCS(=O)(=O)O)ccc1OC(F)(F)F. The monoisotopic (exact) mass is 472 g/mol. The molecule has 7 nitrogen and oxygen atoms in total. The van der Waals surface area contributed by atoms with Crippen LogP contribution in [-0.2, 0) is 14.9 Å². The highest BCUT2D eigenvalue weighted by molar-refractivity contribution is 7.85. The van der Waals surface area contributed by atoms with E-state index in [4.69, 9.17) is 14.0 Å². The van der Waals surface area contributed by atoms with Gasteiger partial charge in [-0.2, -0.15) is 8.42 Å². The van der Waals surface area contributed by atoms with Gasteiger partial charge in [0.2, 0.25) is 0 Å². The third kappa shape index (κ3) is 8.87. The summed E-state index contributed by atoms with van der Waals surface area (Å²) in [7, 11) is -4.35. The summed E-state index contributed by atoms with van der Waals surface area (Å²) in [5, 5.41) is 0. The van der Waals surface area contributed by atoms with E-state index in [0.29, 0.717) is 5.56 Å². The second-order valence-electron chi connectivity index (χ2n) is 6.86. The number of carbonyl (C=O) groups excluding carboxylic acids is 1. The van der Waals surface area contributed by atoms with Gasteiger partial charge in [0.05, 0.1) is 5.56 Å². The first-order valence-electron chi connectivity index (χ1n) is 9.03. The number of rotatable bonds is 7. The van der Waals surface area contributed by atoms with Crippen LogP contribution < -0.4 is 9.47 Å². The highest BCUT2D eigenvalue weighted by Crippen LogP contribution is 2.35. The van der Waals surface area contributed by atoms with Gasteiger partial charge >= 0.3 is 12.3 Å². The number of benzene rings is 2. The van der Waals surface area contributed by atoms with Gasteiger partial charge in [0, 0.05) is 5.56 Å². The summed E-state index contributed by atoms with van der Waals surface area (Å²) >= 11 is 0. The molecule has 172 valence electrons. The van der Waals surface area contributed by atoms with Gasteiger partial charge in [-0.05, 0) is 44.2 Å². The van der Waals surface area contributed by atoms with Gasteiger partial charge in [-0.1, -0.05) is 30.0 Å². The molecule has 32 heavy (non-hydrogen) atoms. The fourth-order valence-electron chi connectivity index (χ4n) is 2.29. The topological polar surface area (TPSA) is 99.1 Å². The fraction of sp³-hybridized carbons (Fsp3) is 0.286. The van der Waals surface area contributed by atoms with Crippen LogP contribution in [0.25, 0.3) is 0 Å². The minimum atomic E-state index is -5.02. The van der Waals surface area contributed by atoms with E-state index in [1.165, 1.54) is 13.8 Å². The third-order valence-corrected chi connectivity index (χ3v) is 4.31. The van der Waals surface area contributed by atoms with Crippen LogP contribution in [-0.4, -0.2) is 43.3 Å². The van der Waals surface area contributed by atoms with Crippen LogP contribution in [0, 0.1) is 11.8 Å². The summed E-state index contributed by atoms with van der Waals surface area (Å²) < 4.78 is 82.7. The van der Waals surface area contributed by atoms with E-state index in [2.05, 4.69) is 16.6 Å². The van der Waals surface area contributed by atoms with Gasteiger partial charge in [-0.15, -0.1) is 13.2 Å². The first kappa shape index (κ1) is 25.0. The van der Waals surface area contributed by atoms with Crippen LogP contribution in [0.2, 0.25) is 0 Å². The second kappa shape index (κ2) is 9.93. The molecule has 2 aromatic rings. The minimum Gasteiger partial charge on any atom is -0.471 e. The van der Waals surface area contributed by atoms with Crippen molar-refractivity contribution >= 4 is 16.1 Å². The lowest BCUT2D eigenvalue weighted by atomic mass is 10.1. The molecule has 0 bridgehead atoms. The Balaban J connectivity index is 2.29. The smallest absolute Gasteiger partial charge is 0.471 e. The third-order valence-electron chi connectivity index (χ3n) is 3.63. The number of hydrogen-bond donors (Lipinski definition) is 1. The summed E-state index contributed by atoms with van der Waals surface area (Å²) in [6.07, 6.45) is -5.02.